The predicted molar refractivity (Wildman–Crippen MR) is 79.5 cm³/mol. The second kappa shape index (κ2) is 8.97. The molecule has 0 aliphatic carbocycles. The van der Waals surface area contributed by atoms with Gasteiger partial charge >= 0.3 is 0 Å². The lowest BCUT2D eigenvalue weighted by Crippen LogP contribution is -2.36. The number of nitrogens with one attached hydrogen (secondary N) is 1. The highest BCUT2D eigenvalue weighted by Crippen LogP contribution is 2.21. The van der Waals surface area contributed by atoms with Gasteiger partial charge in [-0.15, -0.1) is 0 Å². The average Bonchev–Trinajstić information content (AvgIpc) is 2.24. The molecule has 0 amide bonds. The van der Waals surface area contributed by atoms with Gasteiger partial charge in [-0.1, -0.05) is 53.9 Å². The average molecular weight is 241 g/mol. The van der Waals surface area contributed by atoms with Crippen LogP contribution in [0.5, 0.6) is 0 Å². The van der Waals surface area contributed by atoms with Crippen LogP contribution in [0.3, 0.4) is 0 Å². The molecule has 0 aromatic rings. The molecule has 0 aromatic heterocycles. The summed E-state index contributed by atoms with van der Waals surface area (Å²) in [7, 11) is 0. The molecule has 1 N–H and O–H groups in total. The van der Waals surface area contributed by atoms with Crippen LogP contribution in [0.15, 0.2) is 0 Å². The van der Waals surface area contributed by atoms with E-state index in [0.717, 1.165) is 6.04 Å². The van der Waals surface area contributed by atoms with Crippen molar-refractivity contribution < 1.29 is 0 Å². The van der Waals surface area contributed by atoms with Crippen LogP contribution in [-0.4, -0.2) is 12.1 Å². The van der Waals surface area contributed by atoms with Gasteiger partial charge in [0.25, 0.3) is 0 Å². The Morgan fingerprint density at radius 3 is 2.12 bits per heavy atom. The van der Waals surface area contributed by atoms with E-state index >= 15 is 0 Å². The van der Waals surface area contributed by atoms with Crippen molar-refractivity contribution in [2.45, 2.75) is 98.6 Å². The van der Waals surface area contributed by atoms with Gasteiger partial charge in [-0.25, -0.2) is 0 Å². The third-order valence-corrected chi connectivity index (χ3v) is 3.50. The van der Waals surface area contributed by atoms with Crippen LogP contribution in [0.4, 0.5) is 0 Å². The fourth-order valence-corrected chi connectivity index (χ4v) is 2.18. The molecule has 17 heavy (non-hydrogen) atoms. The van der Waals surface area contributed by atoms with E-state index in [1.54, 1.807) is 0 Å². The number of hydrogen-bond donors (Lipinski definition) is 1. The largest absolute Gasteiger partial charge is 0.312 e. The van der Waals surface area contributed by atoms with Gasteiger partial charge < -0.3 is 5.32 Å². The molecule has 1 heteroatoms. The summed E-state index contributed by atoms with van der Waals surface area (Å²) in [6.07, 6.45) is 9.33. The first-order chi connectivity index (χ1) is 7.89. The molecule has 1 nitrogen and oxygen atoms in total. The van der Waals surface area contributed by atoms with E-state index in [9.17, 15) is 0 Å². The summed E-state index contributed by atoms with van der Waals surface area (Å²) in [6, 6.07) is 1.40. The van der Waals surface area contributed by atoms with E-state index in [-0.39, 0.29) is 0 Å². The summed E-state index contributed by atoms with van der Waals surface area (Å²) in [4.78, 5) is 0. The van der Waals surface area contributed by atoms with Crippen molar-refractivity contribution in [1.82, 2.24) is 5.32 Å². The SMILES string of the molecule is CCCCCC(CC)NC(C)CCC(C)(C)C. The minimum atomic E-state index is 0.472. The van der Waals surface area contributed by atoms with Crippen LogP contribution in [0.1, 0.15) is 86.5 Å². The van der Waals surface area contributed by atoms with Crippen LogP contribution in [0.2, 0.25) is 0 Å². The Labute approximate surface area is 110 Å². The number of hydrogen-bond acceptors (Lipinski definition) is 1. The quantitative estimate of drug-likeness (QED) is 0.550. The summed E-state index contributed by atoms with van der Waals surface area (Å²) in [6.45, 7) is 13.9. The monoisotopic (exact) mass is 241 g/mol. The van der Waals surface area contributed by atoms with Gasteiger partial charge in [0.2, 0.25) is 0 Å². The fourth-order valence-electron chi connectivity index (χ4n) is 2.18. The molecule has 0 spiro atoms. The third-order valence-electron chi connectivity index (χ3n) is 3.50. The molecule has 2 atom stereocenters. The van der Waals surface area contributed by atoms with E-state index in [1.807, 2.05) is 0 Å². The van der Waals surface area contributed by atoms with Crippen molar-refractivity contribution in [1.29, 1.82) is 0 Å². The highest BCUT2D eigenvalue weighted by atomic mass is 14.9. The summed E-state index contributed by atoms with van der Waals surface area (Å²) in [5.41, 5.74) is 0.472. The van der Waals surface area contributed by atoms with Crippen molar-refractivity contribution in [3.8, 4) is 0 Å². The molecule has 0 saturated heterocycles. The second-order valence-electron chi connectivity index (χ2n) is 6.77. The highest BCUT2D eigenvalue weighted by molar-refractivity contribution is 4.73. The summed E-state index contributed by atoms with van der Waals surface area (Å²) >= 11 is 0. The van der Waals surface area contributed by atoms with Gasteiger partial charge in [-0.2, -0.15) is 0 Å². The van der Waals surface area contributed by atoms with Crippen LogP contribution in [-0.2, 0) is 0 Å². The first-order valence-electron chi connectivity index (χ1n) is 7.65. The molecular weight excluding hydrogens is 206 g/mol. The van der Waals surface area contributed by atoms with Crippen molar-refractivity contribution in [2.75, 3.05) is 0 Å². The second-order valence-corrected chi connectivity index (χ2v) is 6.77. The maximum absolute atomic E-state index is 3.80. The van der Waals surface area contributed by atoms with Gasteiger partial charge in [0, 0.05) is 12.1 Å². The lowest BCUT2D eigenvalue weighted by atomic mass is 9.89. The van der Waals surface area contributed by atoms with Crippen molar-refractivity contribution in [3.05, 3.63) is 0 Å². The Hall–Kier alpha value is -0.0400. The Balaban J connectivity index is 3.77. The number of unbranched alkanes of at least 4 members (excludes halogenated alkanes) is 2. The molecule has 0 heterocycles. The zero-order chi connectivity index (χ0) is 13.3. The van der Waals surface area contributed by atoms with Gasteiger partial charge in [0.05, 0.1) is 0 Å². The minimum absolute atomic E-state index is 0.472. The maximum atomic E-state index is 3.80. The molecule has 0 aliphatic rings. The first kappa shape index (κ1) is 17.0. The molecule has 0 fully saturated rings. The molecule has 104 valence electrons. The lowest BCUT2D eigenvalue weighted by Gasteiger charge is -2.25. The van der Waals surface area contributed by atoms with Gasteiger partial charge in [0.1, 0.15) is 0 Å². The molecule has 0 rings (SSSR count). The van der Waals surface area contributed by atoms with Crippen LogP contribution in [0.25, 0.3) is 0 Å². The maximum Gasteiger partial charge on any atom is 0.00669 e. The summed E-state index contributed by atoms with van der Waals surface area (Å²) in [5.74, 6) is 0. The van der Waals surface area contributed by atoms with Gasteiger partial charge in [-0.3, -0.25) is 0 Å². The molecular formula is C16H35N. The van der Waals surface area contributed by atoms with E-state index in [4.69, 9.17) is 0 Å². The Morgan fingerprint density at radius 1 is 1.00 bits per heavy atom. The van der Waals surface area contributed by atoms with Crippen molar-refractivity contribution >= 4 is 0 Å². The fraction of sp³-hybridized carbons (Fsp3) is 1.00. The van der Waals surface area contributed by atoms with E-state index in [0.29, 0.717) is 11.5 Å². The molecule has 2 unspecified atom stereocenters. The molecule has 0 radical (unpaired) electrons. The molecule has 0 saturated carbocycles. The zero-order valence-electron chi connectivity index (χ0n) is 13.1. The first-order valence-corrected chi connectivity index (χ1v) is 7.65. The third kappa shape index (κ3) is 10.8. The smallest absolute Gasteiger partial charge is 0.00669 e. The highest BCUT2D eigenvalue weighted by Gasteiger charge is 2.14. The van der Waals surface area contributed by atoms with Crippen LogP contribution < -0.4 is 5.32 Å². The summed E-state index contributed by atoms with van der Waals surface area (Å²) < 4.78 is 0. The predicted octanol–water partition coefficient (Wildman–Crippen LogP) is 5.15. The van der Waals surface area contributed by atoms with Gasteiger partial charge in [0.15, 0.2) is 0 Å². The standard InChI is InChI=1S/C16H35N/c1-7-9-10-11-15(8-2)17-14(3)12-13-16(4,5)6/h14-15,17H,7-13H2,1-6H3. The number of rotatable bonds is 9. The van der Waals surface area contributed by atoms with Crippen LogP contribution in [0, 0.1) is 5.41 Å². The van der Waals surface area contributed by atoms with E-state index < -0.39 is 0 Å². The Morgan fingerprint density at radius 2 is 1.65 bits per heavy atom. The van der Waals surface area contributed by atoms with Gasteiger partial charge in [-0.05, 0) is 38.0 Å². The topological polar surface area (TPSA) is 12.0 Å². The lowest BCUT2D eigenvalue weighted by molar-refractivity contribution is 0.315. The molecule has 0 aromatic carbocycles. The minimum Gasteiger partial charge on any atom is -0.312 e. The normalized spacial score (nSPS) is 15.9. The molecule has 0 aliphatic heterocycles. The Kier molecular flexibility index (Phi) is 8.94. The van der Waals surface area contributed by atoms with E-state index in [2.05, 4.69) is 46.9 Å². The zero-order valence-corrected chi connectivity index (χ0v) is 13.1. The Bertz CT molecular complexity index is 169. The summed E-state index contributed by atoms with van der Waals surface area (Å²) in [5, 5.41) is 3.80. The van der Waals surface area contributed by atoms with Crippen molar-refractivity contribution in [2.24, 2.45) is 5.41 Å². The van der Waals surface area contributed by atoms with Crippen LogP contribution >= 0.6 is 0 Å². The van der Waals surface area contributed by atoms with Crippen molar-refractivity contribution in [3.63, 3.8) is 0 Å². The van der Waals surface area contributed by atoms with E-state index in [1.165, 1.54) is 44.9 Å². The molecule has 0 bridgehead atoms.